The van der Waals surface area contributed by atoms with Crippen molar-refractivity contribution < 1.29 is 23.9 Å². The third-order valence-electron chi connectivity index (χ3n) is 9.90. The van der Waals surface area contributed by atoms with E-state index >= 15 is 0 Å². The van der Waals surface area contributed by atoms with Crippen LogP contribution in [0.5, 0.6) is 5.75 Å². The molecule has 0 spiro atoms. The van der Waals surface area contributed by atoms with E-state index in [-0.39, 0.29) is 30.3 Å². The van der Waals surface area contributed by atoms with Gasteiger partial charge in [0.2, 0.25) is 5.91 Å². The summed E-state index contributed by atoms with van der Waals surface area (Å²) in [6.45, 7) is 11.7. The number of pyridine rings is 1. The largest absolute Gasteiger partial charge is 0.488 e. The number of hydrogen-bond donors (Lipinski definition) is 1. The van der Waals surface area contributed by atoms with Gasteiger partial charge in [0.25, 0.3) is 0 Å². The molecule has 1 N–H and O–H groups in total. The Morgan fingerprint density at radius 3 is 2.64 bits per heavy atom. The number of ether oxygens (including phenoxy) is 2. The van der Waals surface area contributed by atoms with Crippen molar-refractivity contribution in [2.75, 3.05) is 6.54 Å². The second-order valence-corrected chi connectivity index (χ2v) is 14.0. The maximum Gasteiger partial charge on any atom is 0.408 e. The SMILES string of the molecule is CC[C@@H]1[C@@H]2CN(C(=O)[C@H](C(C)(C)C)NC(=O)O[C@]3(C)CCC[C@H]3CCCCCc3cn4ccnc4cc3O2)[C@@H]1C(C)=O. The molecule has 1 saturated heterocycles. The Morgan fingerprint density at radius 2 is 1.93 bits per heavy atom. The molecule has 230 valence electrons. The second-order valence-electron chi connectivity index (χ2n) is 14.0. The van der Waals surface area contributed by atoms with Crippen LogP contribution < -0.4 is 10.1 Å². The van der Waals surface area contributed by atoms with Gasteiger partial charge in [0.15, 0.2) is 5.78 Å². The molecular formula is C33H48N4O5. The number of fused-ring (bicyclic) bond motifs is 5. The van der Waals surface area contributed by atoms with Gasteiger partial charge in [-0.2, -0.15) is 0 Å². The number of carbonyl (C=O) groups excluding carboxylic acids is 3. The predicted octanol–water partition coefficient (Wildman–Crippen LogP) is 5.72. The smallest absolute Gasteiger partial charge is 0.408 e. The van der Waals surface area contributed by atoms with E-state index < -0.39 is 29.2 Å². The normalized spacial score (nSPS) is 31.4. The molecule has 0 unspecified atom stereocenters. The Balaban J connectivity index is 1.53. The van der Waals surface area contributed by atoms with Gasteiger partial charge in [-0.05, 0) is 70.1 Å². The lowest BCUT2D eigenvalue weighted by Gasteiger charge is -2.37. The molecule has 42 heavy (non-hydrogen) atoms. The number of amides is 2. The Morgan fingerprint density at radius 1 is 1.17 bits per heavy atom. The number of carbonyl (C=O) groups is 3. The maximum atomic E-state index is 14.3. The minimum atomic E-state index is -0.859. The molecule has 9 nitrogen and oxygen atoms in total. The molecule has 0 aromatic carbocycles. The lowest BCUT2D eigenvalue weighted by molar-refractivity contribution is -0.141. The van der Waals surface area contributed by atoms with Crippen molar-refractivity contribution in [3.8, 4) is 5.75 Å². The molecule has 3 aliphatic rings. The first kappa shape index (κ1) is 30.4. The van der Waals surface area contributed by atoms with E-state index in [1.54, 1.807) is 18.0 Å². The Labute approximate surface area is 249 Å². The lowest BCUT2D eigenvalue weighted by Crippen LogP contribution is -2.58. The van der Waals surface area contributed by atoms with Crippen LogP contribution in [0.1, 0.15) is 98.5 Å². The first-order valence-corrected chi connectivity index (χ1v) is 15.8. The van der Waals surface area contributed by atoms with Gasteiger partial charge in [0.1, 0.15) is 29.1 Å². The monoisotopic (exact) mass is 580 g/mol. The average molecular weight is 581 g/mol. The first-order chi connectivity index (χ1) is 19.9. The van der Waals surface area contributed by atoms with Crippen molar-refractivity contribution in [2.45, 2.75) is 123 Å². The number of aryl methyl sites for hydroxylation is 1. The van der Waals surface area contributed by atoms with Gasteiger partial charge in [-0.1, -0.05) is 40.5 Å². The van der Waals surface area contributed by atoms with Crippen LogP contribution in [0.2, 0.25) is 0 Å². The van der Waals surface area contributed by atoms with E-state index in [0.717, 1.165) is 68.3 Å². The molecule has 1 saturated carbocycles. The van der Waals surface area contributed by atoms with Gasteiger partial charge < -0.3 is 24.1 Å². The number of aromatic nitrogens is 2. The summed E-state index contributed by atoms with van der Waals surface area (Å²) in [5, 5.41) is 2.94. The Bertz CT molecular complexity index is 1320. The van der Waals surface area contributed by atoms with Gasteiger partial charge in [0.05, 0.1) is 12.6 Å². The zero-order chi connectivity index (χ0) is 30.2. The molecule has 6 atom stereocenters. The topological polar surface area (TPSA) is 102 Å². The third kappa shape index (κ3) is 6.02. The Hall–Kier alpha value is -3.10. The summed E-state index contributed by atoms with van der Waals surface area (Å²) in [6, 6.07) is 0.488. The van der Waals surface area contributed by atoms with Gasteiger partial charge >= 0.3 is 6.09 Å². The highest BCUT2D eigenvalue weighted by molar-refractivity contribution is 5.92. The zero-order valence-corrected chi connectivity index (χ0v) is 26.2. The van der Waals surface area contributed by atoms with Crippen molar-refractivity contribution in [3.05, 3.63) is 30.2 Å². The Kier molecular flexibility index (Phi) is 8.59. The van der Waals surface area contributed by atoms with Crippen LogP contribution in [0.3, 0.4) is 0 Å². The van der Waals surface area contributed by atoms with Crippen molar-refractivity contribution in [1.82, 2.24) is 19.6 Å². The summed E-state index contributed by atoms with van der Waals surface area (Å²) in [5.74, 6) is 0.532. The van der Waals surface area contributed by atoms with Crippen LogP contribution in [-0.4, -0.2) is 62.4 Å². The fourth-order valence-electron chi connectivity index (χ4n) is 7.53. The number of alkyl carbamates (subject to hydrolysis) is 1. The lowest BCUT2D eigenvalue weighted by atomic mass is 9.85. The molecule has 2 aliphatic heterocycles. The van der Waals surface area contributed by atoms with E-state index in [0.29, 0.717) is 12.3 Å². The van der Waals surface area contributed by atoms with E-state index in [1.807, 2.05) is 51.3 Å². The highest BCUT2D eigenvalue weighted by atomic mass is 16.6. The minimum Gasteiger partial charge on any atom is -0.488 e. The molecule has 9 heteroatoms. The fourth-order valence-corrected chi connectivity index (χ4v) is 7.53. The van der Waals surface area contributed by atoms with E-state index in [9.17, 15) is 14.4 Å². The van der Waals surface area contributed by atoms with Crippen molar-refractivity contribution in [1.29, 1.82) is 0 Å². The highest BCUT2D eigenvalue weighted by Gasteiger charge is 2.50. The molecule has 2 aromatic heterocycles. The molecule has 2 fully saturated rings. The molecular weight excluding hydrogens is 532 g/mol. The number of imidazole rings is 1. The first-order valence-electron chi connectivity index (χ1n) is 15.8. The molecule has 2 amide bonds. The summed E-state index contributed by atoms with van der Waals surface area (Å²) in [6.07, 6.45) is 13.5. The molecule has 1 aliphatic carbocycles. The standard InChI is InChI=1S/C33H48N4O5/c1-7-24-26-20-37(28(24)21(2)38)30(39)29(32(3,4)5)35-31(40)42-33(6)15-11-14-23(33)13-10-8-9-12-22-19-36-17-16-34-27(36)18-25(22)41-26/h16-19,23-24,26,28-29H,7-15,20H2,1-6H3,(H,35,40)/t23-,24-,26+,28-,29-,33-/m1/s1. The number of nitrogens with one attached hydrogen (secondary N) is 1. The molecule has 2 bridgehead atoms. The number of rotatable bonds is 2. The second kappa shape index (κ2) is 11.9. The van der Waals surface area contributed by atoms with Gasteiger partial charge in [-0.3, -0.25) is 9.59 Å². The maximum absolute atomic E-state index is 14.3. The van der Waals surface area contributed by atoms with Crippen molar-refractivity contribution in [2.24, 2.45) is 17.3 Å². The summed E-state index contributed by atoms with van der Waals surface area (Å²) in [5.41, 5.74) is 0.750. The molecule has 0 radical (unpaired) electrons. The van der Waals surface area contributed by atoms with Crippen LogP contribution in [0.15, 0.2) is 24.7 Å². The van der Waals surface area contributed by atoms with Crippen LogP contribution in [0.25, 0.3) is 5.65 Å². The van der Waals surface area contributed by atoms with Crippen LogP contribution in [-0.2, 0) is 20.7 Å². The van der Waals surface area contributed by atoms with Crippen molar-refractivity contribution in [3.63, 3.8) is 0 Å². The number of Topliss-reactive ketones (excluding diaryl/α,β-unsaturated/α-hetero) is 1. The van der Waals surface area contributed by atoms with E-state index in [1.165, 1.54) is 0 Å². The van der Waals surface area contributed by atoms with Crippen LogP contribution in [0, 0.1) is 17.3 Å². The number of hydrogen-bond acceptors (Lipinski definition) is 6. The number of nitrogens with zero attached hydrogens (tertiary/aromatic N) is 3. The molecule has 4 heterocycles. The van der Waals surface area contributed by atoms with Crippen LogP contribution >= 0.6 is 0 Å². The summed E-state index contributed by atoms with van der Waals surface area (Å²) in [4.78, 5) is 46.9. The van der Waals surface area contributed by atoms with Crippen molar-refractivity contribution >= 4 is 23.4 Å². The predicted molar refractivity (Wildman–Crippen MR) is 160 cm³/mol. The fraction of sp³-hybridized carbons (Fsp3) is 0.697. The number of ketones is 1. The minimum absolute atomic E-state index is 0.0762. The molecule has 5 rings (SSSR count). The van der Waals surface area contributed by atoms with Crippen LogP contribution in [0.4, 0.5) is 4.79 Å². The van der Waals surface area contributed by atoms with Gasteiger partial charge in [0, 0.05) is 36.1 Å². The summed E-state index contributed by atoms with van der Waals surface area (Å²) < 4.78 is 14.9. The summed E-state index contributed by atoms with van der Waals surface area (Å²) in [7, 11) is 0. The van der Waals surface area contributed by atoms with E-state index in [2.05, 4.69) is 16.5 Å². The average Bonchev–Trinajstić information content (AvgIpc) is 3.62. The molecule has 2 aromatic rings. The van der Waals surface area contributed by atoms with Gasteiger partial charge in [-0.15, -0.1) is 0 Å². The third-order valence-corrected chi connectivity index (χ3v) is 9.90. The van der Waals surface area contributed by atoms with Gasteiger partial charge in [-0.25, -0.2) is 9.78 Å². The highest BCUT2D eigenvalue weighted by Crippen LogP contribution is 2.42. The zero-order valence-electron chi connectivity index (χ0n) is 26.2. The van der Waals surface area contributed by atoms with E-state index in [4.69, 9.17) is 9.47 Å². The summed E-state index contributed by atoms with van der Waals surface area (Å²) >= 11 is 0. The quantitative estimate of drug-likeness (QED) is 0.487.